The fourth-order valence-corrected chi connectivity index (χ4v) is 7.26. The highest BCUT2D eigenvalue weighted by Crippen LogP contribution is 2.66. The predicted molar refractivity (Wildman–Crippen MR) is 85.7 cm³/mol. The first kappa shape index (κ1) is 14.5. The SMILES string of the molecule is C[C@@]12CC[C@H]3[C@@H](CC[C@H]4C[C@H](N)CC[C@]43C)[C@H]1CC[C@@H]2O. The van der Waals surface area contributed by atoms with Crippen LogP contribution >= 0.6 is 0 Å². The largest absolute Gasteiger partial charge is 0.393 e. The molecule has 0 unspecified atom stereocenters. The van der Waals surface area contributed by atoms with E-state index >= 15 is 0 Å². The van der Waals surface area contributed by atoms with E-state index in [4.69, 9.17) is 5.73 Å². The van der Waals surface area contributed by atoms with E-state index < -0.39 is 0 Å². The summed E-state index contributed by atoms with van der Waals surface area (Å²) in [5, 5.41) is 10.5. The van der Waals surface area contributed by atoms with Gasteiger partial charge in [-0.1, -0.05) is 13.8 Å². The Morgan fingerprint density at radius 2 is 1.57 bits per heavy atom. The summed E-state index contributed by atoms with van der Waals surface area (Å²) in [5.41, 5.74) is 7.04. The summed E-state index contributed by atoms with van der Waals surface area (Å²) in [4.78, 5) is 0. The molecule has 4 aliphatic rings. The lowest BCUT2D eigenvalue weighted by molar-refractivity contribution is -0.122. The highest BCUT2D eigenvalue weighted by Gasteiger charge is 2.59. The third-order valence-electron chi connectivity index (χ3n) is 8.66. The van der Waals surface area contributed by atoms with Gasteiger partial charge in [0.2, 0.25) is 0 Å². The normalized spacial score (nSPS) is 60.0. The minimum absolute atomic E-state index is 0.0336. The molecule has 0 aromatic carbocycles. The van der Waals surface area contributed by atoms with Crippen LogP contribution in [0.15, 0.2) is 0 Å². The molecule has 4 aliphatic carbocycles. The molecule has 0 aromatic heterocycles. The summed E-state index contributed by atoms with van der Waals surface area (Å²) >= 11 is 0. The molecule has 0 heterocycles. The first-order valence-corrected chi connectivity index (χ1v) is 9.39. The van der Waals surface area contributed by atoms with Gasteiger partial charge in [-0.3, -0.25) is 0 Å². The van der Waals surface area contributed by atoms with Gasteiger partial charge in [-0.25, -0.2) is 0 Å². The number of aliphatic hydroxyl groups is 1. The Labute approximate surface area is 129 Å². The van der Waals surface area contributed by atoms with Crippen molar-refractivity contribution in [2.24, 2.45) is 40.2 Å². The lowest BCUT2D eigenvalue weighted by Gasteiger charge is -2.60. The molecule has 0 aromatic rings. The lowest BCUT2D eigenvalue weighted by atomic mass is 9.45. The summed E-state index contributed by atoms with van der Waals surface area (Å²) in [6.45, 7) is 4.98. The molecule has 0 aliphatic heterocycles. The van der Waals surface area contributed by atoms with E-state index in [0.717, 1.165) is 30.1 Å². The summed E-state index contributed by atoms with van der Waals surface area (Å²) in [7, 11) is 0. The molecule has 2 nitrogen and oxygen atoms in total. The van der Waals surface area contributed by atoms with Crippen LogP contribution in [-0.4, -0.2) is 17.3 Å². The van der Waals surface area contributed by atoms with Gasteiger partial charge in [0.25, 0.3) is 0 Å². The van der Waals surface area contributed by atoms with E-state index in [-0.39, 0.29) is 11.5 Å². The average molecular weight is 291 g/mol. The van der Waals surface area contributed by atoms with E-state index in [1.54, 1.807) is 0 Å². The van der Waals surface area contributed by atoms with Crippen LogP contribution in [0.5, 0.6) is 0 Å². The summed E-state index contributed by atoms with van der Waals surface area (Å²) < 4.78 is 0. The Hall–Kier alpha value is -0.0800. The molecule has 120 valence electrons. The highest BCUT2D eigenvalue weighted by atomic mass is 16.3. The average Bonchev–Trinajstić information content (AvgIpc) is 2.76. The third-order valence-corrected chi connectivity index (χ3v) is 8.66. The molecule has 0 saturated heterocycles. The number of fused-ring (bicyclic) bond motifs is 5. The predicted octanol–water partition coefficient (Wildman–Crippen LogP) is 3.72. The van der Waals surface area contributed by atoms with Gasteiger partial charge in [-0.05, 0) is 92.3 Å². The van der Waals surface area contributed by atoms with Crippen molar-refractivity contribution in [3.8, 4) is 0 Å². The zero-order chi connectivity index (χ0) is 14.8. The van der Waals surface area contributed by atoms with Gasteiger partial charge in [0.05, 0.1) is 6.10 Å². The van der Waals surface area contributed by atoms with Crippen LogP contribution in [0.3, 0.4) is 0 Å². The number of hydrogen-bond donors (Lipinski definition) is 2. The van der Waals surface area contributed by atoms with Crippen LogP contribution in [0.25, 0.3) is 0 Å². The van der Waals surface area contributed by atoms with Crippen molar-refractivity contribution >= 4 is 0 Å². The van der Waals surface area contributed by atoms with Crippen molar-refractivity contribution in [3.05, 3.63) is 0 Å². The zero-order valence-electron chi connectivity index (χ0n) is 13.9. The van der Waals surface area contributed by atoms with Crippen molar-refractivity contribution < 1.29 is 5.11 Å². The third kappa shape index (κ3) is 1.91. The summed E-state index contributed by atoms with van der Waals surface area (Å²) in [6.07, 6.45) is 11.6. The number of nitrogens with two attached hydrogens (primary N) is 1. The van der Waals surface area contributed by atoms with Crippen molar-refractivity contribution in [2.75, 3.05) is 0 Å². The fourth-order valence-electron chi connectivity index (χ4n) is 7.26. The van der Waals surface area contributed by atoms with E-state index in [2.05, 4.69) is 13.8 Å². The Morgan fingerprint density at radius 3 is 2.38 bits per heavy atom. The van der Waals surface area contributed by atoms with E-state index in [0.29, 0.717) is 11.5 Å². The molecule has 0 amide bonds. The molecule has 0 radical (unpaired) electrons. The van der Waals surface area contributed by atoms with Crippen molar-refractivity contribution in [3.63, 3.8) is 0 Å². The Bertz CT molecular complexity index is 424. The van der Waals surface area contributed by atoms with Crippen LogP contribution < -0.4 is 5.73 Å². The molecule has 21 heavy (non-hydrogen) atoms. The molecule has 0 bridgehead atoms. The van der Waals surface area contributed by atoms with Gasteiger partial charge in [-0.2, -0.15) is 0 Å². The number of aliphatic hydroxyl groups excluding tert-OH is 1. The summed E-state index contributed by atoms with van der Waals surface area (Å²) in [5.74, 6) is 3.46. The highest BCUT2D eigenvalue weighted by molar-refractivity contribution is 5.09. The lowest BCUT2D eigenvalue weighted by Crippen LogP contribution is -2.55. The van der Waals surface area contributed by atoms with Gasteiger partial charge in [0.15, 0.2) is 0 Å². The van der Waals surface area contributed by atoms with Gasteiger partial charge < -0.3 is 10.8 Å². The maximum Gasteiger partial charge on any atom is 0.0596 e. The van der Waals surface area contributed by atoms with Crippen LogP contribution in [0, 0.1) is 34.5 Å². The fraction of sp³-hybridized carbons (Fsp3) is 1.00. The molecule has 0 spiro atoms. The van der Waals surface area contributed by atoms with Crippen LogP contribution in [0.1, 0.15) is 71.6 Å². The first-order chi connectivity index (χ1) is 9.95. The van der Waals surface area contributed by atoms with Crippen molar-refractivity contribution in [2.45, 2.75) is 83.8 Å². The van der Waals surface area contributed by atoms with Crippen molar-refractivity contribution in [1.82, 2.24) is 0 Å². The monoisotopic (exact) mass is 291 g/mol. The van der Waals surface area contributed by atoms with E-state index in [1.165, 1.54) is 51.4 Å². The first-order valence-electron chi connectivity index (χ1n) is 9.39. The number of rotatable bonds is 0. The van der Waals surface area contributed by atoms with Gasteiger partial charge >= 0.3 is 0 Å². The molecule has 8 atom stereocenters. The minimum atomic E-state index is -0.0336. The maximum absolute atomic E-state index is 10.5. The van der Waals surface area contributed by atoms with Crippen LogP contribution in [-0.2, 0) is 0 Å². The smallest absolute Gasteiger partial charge is 0.0596 e. The molecular formula is C19H33NO. The quantitative estimate of drug-likeness (QED) is 0.714. The standard InChI is InChI=1S/C19H33NO/c1-18-9-7-13(20)11-12(18)3-4-14-15-5-6-17(21)19(15,2)10-8-16(14)18/h12-17,21H,3-11,20H2,1-2H3/t12-,13+,14-,15+,16-,17-,18+,19+/m0/s1. The molecule has 2 heteroatoms. The second-order valence-corrected chi connectivity index (χ2v) is 9.33. The second kappa shape index (κ2) is 4.71. The van der Waals surface area contributed by atoms with Gasteiger partial charge in [0.1, 0.15) is 0 Å². The van der Waals surface area contributed by atoms with E-state index in [1.807, 2.05) is 0 Å². The molecule has 4 saturated carbocycles. The molecular weight excluding hydrogens is 258 g/mol. The second-order valence-electron chi connectivity index (χ2n) is 9.33. The van der Waals surface area contributed by atoms with Gasteiger partial charge in [-0.15, -0.1) is 0 Å². The topological polar surface area (TPSA) is 46.2 Å². The van der Waals surface area contributed by atoms with Crippen LogP contribution in [0.2, 0.25) is 0 Å². The summed E-state index contributed by atoms with van der Waals surface area (Å²) in [6, 6.07) is 0.460. The maximum atomic E-state index is 10.5. The van der Waals surface area contributed by atoms with E-state index in [9.17, 15) is 5.11 Å². The Morgan fingerprint density at radius 1 is 0.857 bits per heavy atom. The van der Waals surface area contributed by atoms with Gasteiger partial charge in [0, 0.05) is 6.04 Å². The zero-order valence-corrected chi connectivity index (χ0v) is 13.9. The molecule has 4 fully saturated rings. The van der Waals surface area contributed by atoms with Crippen molar-refractivity contribution in [1.29, 1.82) is 0 Å². The molecule has 4 rings (SSSR count). The number of hydrogen-bond acceptors (Lipinski definition) is 2. The minimum Gasteiger partial charge on any atom is -0.393 e. The Balaban J connectivity index is 1.62. The Kier molecular flexibility index (Phi) is 3.25. The molecule has 3 N–H and O–H groups in total. The van der Waals surface area contributed by atoms with Crippen LogP contribution in [0.4, 0.5) is 0 Å².